The molecule has 3 aromatic heterocycles. The highest BCUT2D eigenvalue weighted by molar-refractivity contribution is 6.24. The van der Waals surface area contributed by atoms with Crippen LogP contribution in [-0.4, -0.2) is 104 Å². The van der Waals surface area contributed by atoms with Gasteiger partial charge in [-0.1, -0.05) is 6.07 Å². The van der Waals surface area contributed by atoms with Gasteiger partial charge in [0.1, 0.15) is 18.0 Å². The predicted octanol–water partition coefficient (Wildman–Crippen LogP) is 3.10. The molecule has 7 heterocycles. The molecule has 4 aromatic rings. The molecule has 5 aliphatic rings. The third-order valence-corrected chi connectivity index (χ3v) is 13.0. The second kappa shape index (κ2) is 16.6. The van der Waals surface area contributed by atoms with Crippen LogP contribution in [0.2, 0.25) is 0 Å². The van der Waals surface area contributed by atoms with E-state index in [-0.39, 0.29) is 78.2 Å². The monoisotopic (exact) mass is 846 g/mol. The summed E-state index contributed by atoms with van der Waals surface area (Å²) in [5.41, 5.74) is 6.63. The molecule has 61 heavy (non-hydrogen) atoms. The lowest BCUT2D eigenvalue weighted by atomic mass is 9.85. The van der Waals surface area contributed by atoms with Gasteiger partial charge in [0, 0.05) is 51.2 Å². The van der Waals surface area contributed by atoms with Gasteiger partial charge in [0.15, 0.2) is 11.5 Å². The number of aromatic nitrogens is 6. The first kappa shape index (κ1) is 40.6. The third-order valence-electron chi connectivity index (χ3n) is 13.0. The topological polar surface area (TPSA) is 200 Å². The van der Waals surface area contributed by atoms with Crippen LogP contribution >= 0.6 is 0 Å². The summed E-state index contributed by atoms with van der Waals surface area (Å²) in [4.78, 5) is 64.2. The Labute approximate surface area is 348 Å². The van der Waals surface area contributed by atoms with Crippen LogP contribution in [0.15, 0.2) is 47.7 Å². The number of aryl methyl sites for hydroxylation is 1. The molecule has 5 atom stereocenters. The number of fused-ring (bicyclic) bond motifs is 3. The van der Waals surface area contributed by atoms with Crippen molar-refractivity contribution in [2.75, 3.05) is 47.9 Å². The first-order valence-electron chi connectivity index (χ1n) is 21.0. The number of para-hydroxylation sites is 1. The van der Waals surface area contributed by atoms with Gasteiger partial charge in [-0.25, -0.2) is 27.9 Å². The number of nitrogens with two attached hydrogens (primary N) is 1. The van der Waals surface area contributed by atoms with Crippen molar-refractivity contribution in [1.82, 2.24) is 39.5 Å². The molecule has 4 saturated heterocycles. The predicted molar refractivity (Wildman–Crippen MR) is 219 cm³/mol. The number of halogens is 3. The number of alkyl halides is 3. The number of ether oxygens (including phenoxy) is 1. The number of imide groups is 1. The SMILES string of the molecule is Cn1c(=O)n(C2CCC(=O)NC2=O)c2cccc(N3CC[C@H](NCC4CCC(n5cc(NC(=O)/C(=C/N)c6nccc(N7C[C@H]8C[C@@H]7CO8)n6)c(C(F)F)n5)CC4)[C@@H](F)C3)c21. The summed E-state index contributed by atoms with van der Waals surface area (Å²) in [6, 6.07) is 6.01. The highest BCUT2D eigenvalue weighted by atomic mass is 19.3. The summed E-state index contributed by atoms with van der Waals surface area (Å²) < 4.78 is 54.5. The molecule has 4 aliphatic heterocycles. The van der Waals surface area contributed by atoms with E-state index < -0.39 is 36.1 Å². The first-order chi connectivity index (χ1) is 29.5. The summed E-state index contributed by atoms with van der Waals surface area (Å²) in [7, 11) is 1.63. The van der Waals surface area contributed by atoms with Crippen LogP contribution in [0.5, 0.6) is 0 Å². The van der Waals surface area contributed by atoms with Crippen molar-refractivity contribution < 1.29 is 32.3 Å². The lowest BCUT2D eigenvalue weighted by Gasteiger charge is -2.38. The van der Waals surface area contributed by atoms with Crippen LogP contribution in [0, 0.1) is 5.92 Å². The average Bonchev–Trinajstić information content (AvgIpc) is 4.05. The number of amides is 3. The number of morpholine rings is 1. The van der Waals surface area contributed by atoms with Gasteiger partial charge in [0.25, 0.3) is 12.3 Å². The van der Waals surface area contributed by atoms with Crippen LogP contribution in [0.4, 0.5) is 30.4 Å². The quantitative estimate of drug-likeness (QED) is 0.127. The second-order valence-corrected chi connectivity index (χ2v) is 16.7. The Balaban J connectivity index is 0.791. The molecule has 1 unspecified atom stereocenters. The minimum atomic E-state index is -2.94. The van der Waals surface area contributed by atoms with Gasteiger partial charge in [0.05, 0.1) is 59.3 Å². The molecule has 0 spiro atoms. The third kappa shape index (κ3) is 7.75. The number of anilines is 3. The number of imidazole rings is 1. The molecule has 17 nitrogen and oxygen atoms in total. The largest absolute Gasteiger partial charge is 0.404 e. The minimum absolute atomic E-state index is 0.0596. The van der Waals surface area contributed by atoms with Crippen molar-refractivity contribution in [3.8, 4) is 0 Å². The molecule has 20 heteroatoms. The lowest BCUT2D eigenvalue weighted by Crippen LogP contribution is -2.52. The second-order valence-electron chi connectivity index (χ2n) is 16.7. The van der Waals surface area contributed by atoms with Gasteiger partial charge in [-0.3, -0.25) is 33.5 Å². The van der Waals surface area contributed by atoms with Gasteiger partial charge >= 0.3 is 5.69 Å². The van der Waals surface area contributed by atoms with Gasteiger partial charge < -0.3 is 30.9 Å². The maximum atomic E-state index is 15.9. The van der Waals surface area contributed by atoms with Crippen molar-refractivity contribution in [3.63, 3.8) is 0 Å². The van der Waals surface area contributed by atoms with Crippen LogP contribution in [0.3, 0.4) is 0 Å². The Morgan fingerprint density at radius 1 is 1.08 bits per heavy atom. The number of hydrogen-bond acceptors (Lipinski definition) is 12. The Bertz CT molecular complexity index is 2430. The maximum Gasteiger partial charge on any atom is 0.329 e. The molecule has 9 rings (SSSR count). The molecule has 324 valence electrons. The van der Waals surface area contributed by atoms with E-state index in [4.69, 9.17) is 10.5 Å². The van der Waals surface area contributed by atoms with Gasteiger partial charge in [-0.2, -0.15) is 5.10 Å². The van der Waals surface area contributed by atoms with Crippen molar-refractivity contribution >= 4 is 51.5 Å². The van der Waals surface area contributed by atoms with E-state index >= 15 is 4.39 Å². The number of nitrogens with one attached hydrogen (secondary N) is 3. The van der Waals surface area contributed by atoms with E-state index in [0.29, 0.717) is 68.0 Å². The van der Waals surface area contributed by atoms with Gasteiger partial charge in [0.2, 0.25) is 11.8 Å². The number of carbonyl (C=O) groups excluding carboxylic acids is 3. The van der Waals surface area contributed by atoms with Crippen LogP contribution in [0.1, 0.15) is 81.4 Å². The molecule has 5 fully saturated rings. The molecule has 3 amide bonds. The smallest absolute Gasteiger partial charge is 0.329 e. The van der Waals surface area contributed by atoms with Crippen molar-refractivity contribution in [2.24, 2.45) is 18.7 Å². The number of carbonyl (C=O) groups is 3. The molecule has 1 saturated carbocycles. The molecule has 5 N–H and O–H groups in total. The summed E-state index contributed by atoms with van der Waals surface area (Å²) in [5, 5.41) is 12.6. The van der Waals surface area contributed by atoms with Crippen LogP contribution in [-0.2, 0) is 26.2 Å². The Morgan fingerprint density at radius 2 is 1.90 bits per heavy atom. The maximum absolute atomic E-state index is 15.9. The standard InChI is InChI=1S/C41H49F3N12O5/c1-52-36-30(3-2-4-31(36)56(41(52)60)32-9-10-34(57)50-40(32)59)53-14-12-28(27(42)19-53)47-17-22-5-7-23(8-6-22)55-20-29(35(51-55)37(43)44)48-39(58)26(16-45)38-46-13-11-33(49-38)54-18-25-15-24(54)21-61-25/h2-4,11,13,16,20,22-25,27-28,32,37,47H,5-10,12,14-15,17-19,21,45H2,1H3,(H,48,58)(H,50,57,59)/b26-16+/t22?,23?,24-,25-,27+,28+,32?/m1/s1. The van der Waals surface area contributed by atoms with Gasteiger partial charge in [-0.15, -0.1) is 0 Å². The van der Waals surface area contributed by atoms with Crippen molar-refractivity contribution in [1.29, 1.82) is 0 Å². The van der Waals surface area contributed by atoms with Crippen LogP contribution < -0.4 is 37.2 Å². The number of rotatable bonds is 11. The van der Waals surface area contributed by atoms with E-state index in [0.717, 1.165) is 25.5 Å². The lowest BCUT2D eigenvalue weighted by molar-refractivity contribution is -0.135. The van der Waals surface area contributed by atoms with E-state index in [1.54, 1.807) is 25.2 Å². The number of benzene rings is 1. The highest BCUT2D eigenvalue weighted by Crippen LogP contribution is 2.37. The van der Waals surface area contributed by atoms with Crippen LogP contribution in [0.25, 0.3) is 16.6 Å². The van der Waals surface area contributed by atoms with E-state index in [1.165, 1.54) is 26.2 Å². The first-order valence-corrected chi connectivity index (χ1v) is 21.0. The molecule has 1 aliphatic carbocycles. The van der Waals surface area contributed by atoms with E-state index in [9.17, 15) is 28.0 Å². The summed E-state index contributed by atoms with van der Waals surface area (Å²) in [6.07, 6.45) is 4.73. The van der Waals surface area contributed by atoms with E-state index in [1.807, 2.05) is 11.0 Å². The fourth-order valence-electron chi connectivity index (χ4n) is 9.80. The highest BCUT2D eigenvalue weighted by Gasteiger charge is 2.40. The molecule has 1 aromatic carbocycles. The number of hydrogen-bond donors (Lipinski definition) is 4. The average molecular weight is 847 g/mol. The summed E-state index contributed by atoms with van der Waals surface area (Å²) in [6.45, 7) is 2.54. The zero-order valence-corrected chi connectivity index (χ0v) is 33.7. The zero-order chi connectivity index (χ0) is 42.5. The van der Waals surface area contributed by atoms with E-state index in [2.05, 4.69) is 35.9 Å². The fraction of sp³-hybridized carbons (Fsp3) is 0.537. The number of piperidine rings is 2. The normalized spacial score (nSPS) is 27.0. The summed E-state index contributed by atoms with van der Waals surface area (Å²) >= 11 is 0. The Morgan fingerprint density at radius 3 is 2.61 bits per heavy atom. The Hall–Kier alpha value is -5.76. The van der Waals surface area contributed by atoms with Crippen molar-refractivity contribution in [3.05, 3.63) is 64.9 Å². The van der Waals surface area contributed by atoms with Gasteiger partial charge in [-0.05, 0) is 75.6 Å². The summed E-state index contributed by atoms with van der Waals surface area (Å²) in [5.74, 6) is -0.646. The Kier molecular flexibility index (Phi) is 11.1. The zero-order valence-electron chi connectivity index (χ0n) is 33.7. The number of nitrogens with zero attached hydrogens (tertiary/aromatic N) is 8. The molecular formula is C41H49F3N12O5. The molecular weight excluding hydrogens is 798 g/mol. The van der Waals surface area contributed by atoms with Crippen molar-refractivity contribution in [2.45, 2.75) is 94.2 Å². The minimum Gasteiger partial charge on any atom is -0.404 e. The fourth-order valence-corrected chi connectivity index (χ4v) is 9.80. The molecule has 0 radical (unpaired) electrons. The molecule has 2 bridgehead atoms.